The van der Waals surface area contributed by atoms with Crippen LogP contribution in [0.5, 0.6) is 0 Å². The summed E-state index contributed by atoms with van der Waals surface area (Å²) in [6.45, 7) is 0. The molecule has 0 saturated heterocycles. The number of carbonyl (C=O) groups excluding carboxylic acids is 1. The zero-order chi connectivity index (χ0) is 11.5. The van der Waals surface area contributed by atoms with E-state index in [4.69, 9.17) is 5.73 Å². The minimum absolute atomic E-state index is 0.274. The molecule has 0 aliphatic carbocycles. The number of pyridine rings is 1. The van der Waals surface area contributed by atoms with Gasteiger partial charge in [0.1, 0.15) is 11.6 Å². The van der Waals surface area contributed by atoms with Crippen LogP contribution in [-0.4, -0.2) is 11.3 Å². The fourth-order valence-electron chi connectivity index (χ4n) is 1.44. The molecule has 0 unspecified atom stereocenters. The molecule has 1 aromatic heterocycles. The lowest BCUT2D eigenvalue weighted by molar-refractivity contribution is 0.112. The molecular weight excluding hydrogens is 207 g/mol. The van der Waals surface area contributed by atoms with Crippen LogP contribution in [0.4, 0.5) is 10.2 Å². The van der Waals surface area contributed by atoms with Crippen LogP contribution in [0.3, 0.4) is 0 Å². The monoisotopic (exact) mass is 216 g/mol. The Morgan fingerprint density at radius 2 is 2.12 bits per heavy atom. The van der Waals surface area contributed by atoms with E-state index in [2.05, 4.69) is 4.98 Å². The van der Waals surface area contributed by atoms with Gasteiger partial charge in [0.15, 0.2) is 6.29 Å². The van der Waals surface area contributed by atoms with Crippen molar-refractivity contribution in [1.82, 2.24) is 4.98 Å². The van der Waals surface area contributed by atoms with Gasteiger partial charge >= 0.3 is 0 Å². The van der Waals surface area contributed by atoms with E-state index in [1.165, 1.54) is 18.3 Å². The molecule has 1 heterocycles. The molecule has 0 bridgehead atoms. The van der Waals surface area contributed by atoms with Gasteiger partial charge in [0.05, 0.1) is 0 Å². The number of nitrogen functional groups attached to an aromatic ring is 1. The van der Waals surface area contributed by atoms with Crippen molar-refractivity contribution in [2.24, 2.45) is 0 Å². The van der Waals surface area contributed by atoms with Crippen LogP contribution in [0, 0.1) is 5.82 Å². The van der Waals surface area contributed by atoms with Crippen LogP contribution < -0.4 is 5.73 Å². The van der Waals surface area contributed by atoms with Gasteiger partial charge in [-0.3, -0.25) is 4.79 Å². The highest BCUT2D eigenvalue weighted by Crippen LogP contribution is 2.25. The number of halogens is 1. The second-order valence-electron chi connectivity index (χ2n) is 3.33. The quantitative estimate of drug-likeness (QED) is 0.783. The van der Waals surface area contributed by atoms with E-state index >= 15 is 0 Å². The van der Waals surface area contributed by atoms with Crippen molar-refractivity contribution in [1.29, 1.82) is 0 Å². The second kappa shape index (κ2) is 4.10. The van der Waals surface area contributed by atoms with Crippen LogP contribution in [0.1, 0.15) is 10.4 Å². The Hall–Kier alpha value is -2.23. The Kier molecular flexibility index (Phi) is 2.64. The van der Waals surface area contributed by atoms with Crippen molar-refractivity contribution in [2.45, 2.75) is 0 Å². The average Bonchev–Trinajstić information content (AvgIpc) is 2.30. The number of benzene rings is 1. The van der Waals surface area contributed by atoms with Crippen molar-refractivity contribution >= 4 is 12.1 Å². The Labute approximate surface area is 91.7 Å². The van der Waals surface area contributed by atoms with E-state index in [1.807, 2.05) is 0 Å². The Bertz CT molecular complexity index is 540. The van der Waals surface area contributed by atoms with E-state index in [-0.39, 0.29) is 11.6 Å². The molecule has 4 heteroatoms. The number of nitrogens with zero attached hydrogens (tertiary/aromatic N) is 1. The summed E-state index contributed by atoms with van der Waals surface area (Å²) in [6.07, 6.45) is 2.06. The first-order valence-electron chi connectivity index (χ1n) is 4.67. The zero-order valence-electron chi connectivity index (χ0n) is 8.35. The van der Waals surface area contributed by atoms with E-state index in [9.17, 15) is 9.18 Å². The predicted molar refractivity (Wildman–Crippen MR) is 59.4 cm³/mol. The predicted octanol–water partition coefficient (Wildman–Crippen LogP) is 2.28. The molecule has 0 radical (unpaired) electrons. The van der Waals surface area contributed by atoms with Gasteiger partial charge in [-0.2, -0.15) is 0 Å². The second-order valence-corrected chi connectivity index (χ2v) is 3.33. The molecule has 0 amide bonds. The molecule has 0 aliphatic rings. The fourth-order valence-corrected chi connectivity index (χ4v) is 1.44. The number of aldehydes is 1. The minimum Gasteiger partial charge on any atom is -0.383 e. The number of carbonyl (C=O) groups is 1. The highest BCUT2D eigenvalue weighted by molar-refractivity contribution is 5.82. The van der Waals surface area contributed by atoms with Crippen LogP contribution in [0.15, 0.2) is 36.5 Å². The van der Waals surface area contributed by atoms with Gasteiger partial charge in [0.25, 0.3) is 0 Å². The normalized spacial score (nSPS) is 10.1. The number of nitrogens with two attached hydrogens (primary N) is 1. The molecule has 16 heavy (non-hydrogen) atoms. The Balaban J connectivity index is 2.58. The van der Waals surface area contributed by atoms with Crippen molar-refractivity contribution in [2.75, 3.05) is 5.73 Å². The van der Waals surface area contributed by atoms with E-state index in [0.29, 0.717) is 23.0 Å². The maximum atomic E-state index is 13.0. The smallest absolute Gasteiger partial charge is 0.151 e. The van der Waals surface area contributed by atoms with Crippen LogP contribution in [0.25, 0.3) is 11.1 Å². The molecule has 0 atom stereocenters. The lowest BCUT2D eigenvalue weighted by atomic mass is 10.1. The molecule has 2 N–H and O–H groups in total. The topological polar surface area (TPSA) is 56.0 Å². The summed E-state index contributed by atoms with van der Waals surface area (Å²) in [5.41, 5.74) is 7.25. The summed E-state index contributed by atoms with van der Waals surface area (Å²) in [5.74, 6) is -0.0791. The number of aromatic nitrogens is 1. The van der Waals surface area contributed by atoms with Crippen molar-refractivity contribution in [3.63, 3.8) is 0 Å². The molecule has 1 aromatic carbocycles. The Morgan fingerprint density at radius 1 is 1.31 bits per heavy atom. The fraction of sp³-hybridized carbons (Fsp3) is 0. The SMILES string of the molecule is Nc1ncc(C=O)cc1-c1cccc(F)c1. The summed E-state index contributed by atoms with van der Waals surface area (Å²) in [4.78, 5) is 14.5. The molecule has 2 rings (SSSR count). The molecule has 0 aliphatic heterocycles. The van der Waals surface area contributed by atoms with Crippen LogP contribution >= 0.6 is 0 Å². The van der Waals surface area contributed by atoms with Gasteiger partial charge in [-0.05, 0) is 23.8 Å². The first-order valence-corrected chi connectivity index (χ1v) is 4.67. The van der Waals surface area contributed by atoms with Gasteiger partial charge in [0, 0.05) is 17.3 Å². The number of anilines is 1. The standard InChI is InChI=1S/C12H9FN2O/c13-10-3-1-2-9(5-10)11-4-8(7-16)6-15-12(11)14/h1-7H,(H2,14,15). The van der Waals surface area contributed by atoms with Crippen molar-refractivity contribution in [3.8, 4) is 11.1 Å². The molecule has 0 saturated carbocycles. The summed E-state index contributed by atoms with van der Waals surface area (Å²) < 4.78 is 13.0. The van der Waals surface area contributed by atoms with Gasteiger partial charge in [0.2, 0.25) is 0 Å². The largest absolute Gasteiger partial charge is 0.383 e. The maximum absolute atomic E-state index is 13.0. The lowest BCUT2D eigenvalue weighted by Gasteiger charge is -2.05. The molecule has 0 spiro atoms. The van der Waals surface area contributed by atoms with Gasteiger partial charge < -0.3 is 5.73 Å². The number of hydrogen-bond acceptors (Lipinski definition) is 3. The van der Waals surface area contributed by atoms with Gasteiger partial charge in [-0.25, -0.2) is 9.37 Å². The average molecular weight is 216 g/mol. The van der Waals surface area contributed by atoms with E-state index in [1.54, 1.807) is 18.2 Å². The third kappa shape index (κ3) is 1.91. The lowest BCUT2D eigenvalue weighted by Crippen LogP contribution is -1.96. The summed E-state index contributed by atoms with van der Waals surface area (Å²) in [7, 11) is 0. The molecule has 3 nitrogen and oxygen atoms in total. The van der Waals surface area contributed by atoms with E-state index < -0.39 is 0 Å². The molecule has 2 aromatic rings. The minimum atomic E-state index is -0.353. The summed E-state index contributed by atoms with van der Waals surface area (Å²) in [5, 5.41) is 0. The van der Waals surface area contributed by atoms with Crippen LogP contribution in [-0.2, 0) is 0 Å². The number of rotatable bonds is 2. The van der Waals surface area contributed by atoms with E-state index in [0.717, 1.165) is 0 Å². The Morgan fingerprint density at radius 3 is 2.81 bits per heavy atom. The highest BCUT2D eigenvalue weighted by Gasteiger charge is 2.05. The van der Waals surface area contributed by atoms with Gasteiger partial charge in [-0.15, -0.1) is 0 Å². The maximum Gasteiger partial charge on any atom is 0.151 e. The third-order valence-electron chi connectivity index (χ3n) is 2.21. The molecule has 80 valence electrons. The molecular formula is C12H9FN2O. The van der Waals surface area contributed by atoms with Gasteiger partial charge in [-0.1, -0.05) is 12.1 Å². The first-order chi connectivity index (χ1) is 7.70. The highest BCUT2D eigenvalue weighted by atomic mass is 19.1. The van der Waals surface area contributed by atoms with Crippen molar-refractivity contribution < 1.29 is 9.18 Å². The third-order valence-corrected chi connectivity index (χ3v) is 2.21. The first kappa shape index (κ1) is 10.3. The van der Waals surface area contributed by atoms with Crippen LogP contribution in [0.2, 0.25) is 0 Å². The zero-order valence-corrected chi connectivity index (χ0v) is 8.35. The molecule has 0 fully saturated rings. The summed E-state index contributed by atoms with van der Waals surface area (Å²) >= 11 is 0. The summed E-state index contributed by atoms with van der Waals surface area (Å²) in [6, 6.07) is 7.57. The number of hydrogen-bond donors (Lipinski definition) is 1. The van der Waals surface area contributed by atoms with Crippen molar-refractivity contribution in [3.05, 3.63) is 47.9 Å².